The number of benzene rings is 1. The highest BCUT2D eigenvalue weighted by Gasteiger charge is 2.24. The van der Waals surface area contributed by atoms with E-state index in [2.05, 4.69) is 24.6 Å². The second-order valence-electron chi connectivity index (χ2n) is 8.44. The molecule has 32 heavy (non-hydrogen) atoms. The van der Waals surface area contributed by atoms with Crippen molar-refractivity contribution in [3.05, 3.63) is 57.2 Å². The number of hydrogen-bond donors (Lipinski definition) is 1. The normalized spacial score (nSPS) is 11.8. The van der Waals surface area contributed by atoms with Gasteiger partial charge in [0.25, 0.3) is 5.91 Å². The first-order valence-corrected chi connectivity index (χ1v) is 14.3. The Labute approximate surface area is 195 Å². The lowest BCUT2D eigenvalue weighted by Crippen LogP contribution is -2.22. The van der Waals surface area contributed by atoms with Crippen LogP contribution in [0.25, 0.3) is 11.0 Å². The predicted molar refractivity (Wildman–Crippen MR) is 123 cm³/mol. The second-order valence-corrected chi connectivity index (χ2v) is 14.8. The zero-order valence-electron chi connectivity index (χ0n) is 17.8. The third kappa shape index (κ3) is 5.40. The van der Waals surface area contributed by atoms with Crippen LogP contribution in [-0.2, 0) is 18.1 Å². The SMILES string of the molecule is C[Si](C)(C)CCOCn1c(Cl)c(C(N)=O)c2nc(OCc3c(F)cccc3F)c(Cl)cc21. The molecule has 3 aromatic rings. The van der Waals surface area contributed by atoms with Gasteiger partial charge in [0.2, 0.25) is 5.88 Å². The molecule has 1 amide bonds. The maximum atomic E-state index is 13.9. The predicted octanol–water partition coefficient (Wildman–Crippen LogP) is 5.61. The fourth-order valence-corrected chi connectivity index (χ4v) is 4.26. The van der Waals surface area contributed by atoms with E-state index < -0.39 is 32.2 Å². The molecule has 0 aliphatic rings. The summed E-state index contributed by atoms with van der Waals surface area (Å²) < 4.78 is 40.5. The first-order chi connectivity index (χ1) is 15.0. The number of hydrogen-bond acceptors (Lipinski definition) is 4. The molecule has 0 unspecified atom stereocenters. The Morgan fingerprint density at radius 2 is 1.88 bits per heavy atom. The van der Waals surface area contributed by atoms with Gasteiger partial charge in [-0.15, -0.1) is 0 Å². The van der Waals surface area contributed by atoms with E-state index in [4.69, 9.17) is 38.4 Å². The molecule has 172 valence electrons. The van der Waals surface area contributed by atoms with E-state index in [0.717, 1.165) is 18.2 Å². The van der Waals surface area contributed by atoms with Crippen LogP contribution in [-0.4, -0.2) is 30.1 Å². The minimum Gasteiger partial charge on any atom is -0.471 e. The van der Waals surface area contributed by atoms with Crippen LogP contribution in [0.1, 0.15) is 15.9 Å². The third-order valence-electron chi connectivity index (χ3n) is 4.77. The number of pyridine rings is 1. The first-order valence-electron chi connectivity index (χ1n) is 9.81. The average molecular weight is 502 g/mol. The highest BCUT2D eigenvalue weighted by atomic mass is 35.5. The number of primary amides is 1. The van der Waals surface area contributed by atoms with Gasteiger partial charge < -0.3 is 19.8 Å². The first kappa shape index (κ1) is 24.4. The van der Waals surface area contributed by atoms with Gasteiger partial charge in [-0.05, 0) is 24.2 Å². The van der Waals surface area contributed by atoms with Gasteiger partial charge in [0.15, 0.2) is 0 Å². The number of amides is 1. The Hall–Kier alpha value is -2.20. The van der Waals surface area contributed by atoms with Crippen molar-refractivity contribution >= 4 is 48.2 Å². The fraction of sp³-hybridized carbons (Fsp3) is 0.333. The number of halogens is 4. The standard InChI is InChI=1S/C21H23Cl2F2N3O3Si/c1-32(2,3)8-7-30-11-28-16-9-13(22)21(27-18(16)17(19(28)23)20(26)29)31-10-12-14(24)5-4-6-15(12)25/h4-6,9H,7-8,10-11H2,1-3H3,(H2,26,29). The Morgan fingerprint density at radius 1 is 1.22 bits per heavy atom. The Kier molecular flexibility index (Phi) is 7.44. The summed E-state index contributed by atoms with van der Waals surface area (Å²) in [5.74, 6) is -2.42. The van der Waals surface area contributed by atoms with Gasteiger partial charge in [0.05, 0.1) is 11.1 Å². The van der Waals surface area contributed by atoms with Crippen LogP contribution in [0.15, 0.2) is 24.3 Å². The lowest BCUT2D eigenvalue weighted by molar-refractivity contribution is 0.0900. The van der Waals surface area contributed by atoms with E-state index in [1.165, 1.54) is 12.1 Å². The molecule has 0 fully saturated rings. The summed E-state index contributed by atoms with van der Waals surface area (Å²) in [6, 6.07) is 5.94. The summed E-state index contributed by atoms with van der Waals surface area (Å²) in [7, 11) is -1.28. The van der Waals surface area contributed by atoms with E-state index in [-0.39, 0.29) is 39.4 Å². The number of nitrogens with two attached hydrogens (primary N) is 1. The molecule has 0 bridgehead atoms. The van der Waals surface area contributed by atoms with E-state index >= 15 is 0 Å². The molecule has 0 radical (unpaired) electrons. The van der Waals surface area contributed by atoms with Crippen LogP contribution >= 0.6 is 23.2 Å². The van der Waals surface area contributed by atoms with Gasteiger partial charge in [-0.1, -0.05) is 48.9 Å². The van der Waals surface area contributed by atoms with Crippen LogP contribution in [0.4, 0.5) is 8.78 Å². The molecule has 0 spiro atoms. The number of rotatable bonds is 9. The van der Waals surface area contributed by atoms with E-state index in [1.807, 2.05) is 0 Å². The topological polar surface area (TPSA) is 79.4 Å². The minimum absolute atomic E-state index is 0.0194. The maximum Gasteiger partial charge on any atom is 0.254 e. The van der Waals surface area contributed by atoms with Crippen LogP contribution in [0.2, 0.25) is 35.9 Å². The highest BCUT2D eigenvalue weighted by molar-refractivity contribution is 6.76. The van der Waals surface area contributed by atoms with Gasteiger partial charge in [0, 0.05) is 14.7 Å². The summed E-state index contributed by atoms with van der Waals surface area (Å²) in [4.78, 5) is 16.3. The fourth-order valence-electron chi connectivity index (χ4n) is 2.98. The van der Waals surface area contributed by atoms with Crippen molar-refractivity contribution < 1.29 is 23.0 Å². The molecule has 2 aromatic heterocycles. The summed E-state index contributed by atoms with van der Waals surface area (Å²) in [5, 5.41) is 0.129. The van der Waals surface area contributed by atoms with Crippen molar-refractivity contribution in [2.75, 3.05) is 6.61 Å². The molecule has 0 atom stereocenters. The molecule has 3 rings (SSSR count). The molecular formula is C21H23Cl2F2N3O3Si. The number of ether oxygens (including phenoxy) is 2. The smallest absolute Gasteiger partial charge is 0.254 e. The van der Waals surface area contributed by atoms with Crippen molar-refractivity contribution in [1.82, 2.24) is 9.55 Å². The zero-order chi connectivity index (χ0) is 23.6. The number of carbonyl (C=O) groups is 1. The lowest BCUT2D eigenvalue weighted by Gasteiger charge is -2.16. The van der Waals surface area contributed by atoms with Crippen molar-refractivity contribution in [1.29, 1.82) is 0 Å². The van der Waals surface area contributed by atoms with Crippen molar-refractivity contribution in [3.8, 4) is 5.88 Å². The van der Waals surface area contributed by atoms with Crippen LogP contribution in [0, 0.1) is 11.6 Å². The summed E-state index contributed by atoms with van der Waals surface area (Å²) in [6.45, 7) is 6.87. The molecule has 0 aliphatic carbocycles. The molecule has 6 nitrogen and oxygen atoms in total. The molecular weight excluding hydrogens is 479 g/mol. The molecule has 0 saturated heterocycles. The number of fused-ring (bicyclic) bond motifs is 1. The van der Waals surface area contributed by atoms with Crippen molar-refractivity contribution in [2.45, 2.75) is 39.0 Å². The molecule has 1 aromatic carbocycles. The van der Waals surface area contributed by atoms with Gasteiger partial charge >= 0.3 is 0 Å². The minimum atomic E-state index is -1.28. The van der Waals surface area contributed by atoms with Crippen LogP contribution in [0.5, 0.6) is 5.88 Å². The quantitative estimate of drug-likeness (QED) is 0.305. The number of carbonyl (C=O) groups excluding carboxylic acids is 1. The molecule has 2 heterocycles. The second kappa shape index (κ2) is 9.74. The van der Waals surface area contributed by atoms with Crippen LogP contribution in [0.3, 0.4) is 0 Å². The monoisotopic (exact) mass is 501 g/mol. The zero-order valence-corrected chi connectivity index (χ0v) is 20.4. The number of aromatic nitrogens is 2. The molecule has 2 N–H and O–H groups in total. The van der Waals surface area contributed by atoms with Gasteiger partial charge in [-0.25, -0.2) is 13.8 Å². The lowest BCUT2D eigenvalue weighted by atomic mass is 10.2. The van der Waals surface area contributed by atoms with Gasteiger partial charge in [0.1, 0.15) is 46.2 Å². The molecule has 0 saturated carbocycles. The van der Waals surface area contributed by atoms with E-state index in [1.54, 1.807) is 4.57 Å². The maximum absolute atomic E-state index is 13.9. The van der Waals surface area contributed by atoms with Crippen molar-refractivity contribution in [3.63, 3.8) is 0 Å². The number of nitrogens with zero attached hydrogens (tertiary/aromatic N) is 2. The van der Waals surface area contributed by atoms with Crippen LogP contribution < -0.4 is 10.5 Å². The van der Waals surface area contributed by atoms with E-state index in [0.29, 0.717) is 12.1 Å². The molecule has 11 heteroatoms. The van der Waals surface area contributed by atoms with Gasteiger partial charge in [-0.3, -0.25) is 4.79 Å². The Bertz CT molecular complexity index is 1150. The van der Waals surface area contributed by atoms with Gasteiger partial charge in [-0.2, -0.15) is 0 Å². The Balaban J connectivity index is 1.92. The Morgan fingerprint density at radius 3 is 2.47 bits per heavy atom. The average Bonchev–Trinajstić information content (AvgIpc) is 2.94. The third-order valence-corrected chi connectivity index (χ3v) is 7.14. The summed E-state index contributed by atoms with van der Waals surface area (Å²) in [5.41, 5.74) is 5.80. The van der Waals surface area contributed by atoms with E-state index in [9.17, 15) is 13.6 Å². The largest absolute Gasteiger partial charge is 0.471 e. The summed E-state index contributed by atoms with van der Waals surface area (Å²) >= 11 is 12.7. The molecule has 0 aliphatic heterocycles. The summed E-state index contributed by atoms with van der Waals surface area (Å²) in [6.07, 6.45) is 0. The highest BCUT2D eigenvalue weighted by Crippen LogP contribution is 2.34. The van der Waals surface area contributed by atoms with Crippen molar-refractivity contribution in [2.24, 2.45) is 5.73 Å².